The average molecular weight is 548 g/mol. The van der Waals surface area contributed by atoms with E-state index in [4.69, 9.17) is 0 Å². The van der Waals surface area contributed by atoms with E-state index in [9.17, 15) is 19.5 Å². The maximum absolute atomic E-state index is 14.3. The van der Waals surface area contributed by atoms with Gasteiger partial charge in [0.05, 0.1) is 16.6 Å². The van der Waals surface area contributed by atoms with Crippen LogP contribution in [0.3, 0.4) is 0 Å². The lowest BCUT2D eigenvalue weighted by atomic mass is 9.66. The molecule has 3 aliphatic rings. The van der Waals surface area contributed by atoms with Gasteiger partial charge in [-0.15, -0.1) is 24.9 Å². The van der Waals surface area contributed by atoms with Crippen LogP contribution in [0, 0.1) is 11.8 Å². The highest BCUT2D eigenvalue weighted by molar-refractivity contribution is 8.02. The van der Waals surface area contributed by atoms with Gasteiger partial charge in [0.25, 0.3) is 0 Å². The predicted octanol–water partition coefficient (Wildman–Crippen LogP) is 4.26. The van der Waals surface area contributed by atoms with Crippen molar-refractivity contribution in [2.45, 2.75) is 94.1 Å². The predicted molar refractivity (Wildman–Crippen MR) is 155 cm³/mol. The van der Waals surface area contributed by atoms with Crippen LogP contribution in [0.1, 0.15) is 78.6 Å². The van der Waals surface area contributed by atoms with E-state index >= 15 is 0 Å². The zero-order valence-electron chi connectivity index (χ0n) is 23.8. The SMILES string of the molecule is C=CCN(CCCCC)C(=O)C1N(CCCCCO)C(=O)[C@@H]2[C@H](C(=O)N(CC=C)CCC)[C@]3(C)CCC12S3. The molecule has 0 saturated carbocycles. The highest BCUT2D eigenvalue weighted by Gasteiger charge is 2.77. The minimum atomic E-state index is -0.587. The Morgan fingerprint density at radius 1 is 1.00 bits per heavy atom. The molecule has 3 fully saturated rings. The van der Waals surface area contributed by atoms with Gasteiger partial charge in [0.1, 0.15) is 6.04 Å². The van der Waals surface area contributed by atoms with E-state index in [-0.39, 0.29) is 29.1 Å². The first-order valence-electron chi connectivity index (χ1n) is 14.7. The van der Waals surface area contributed by atoms with Crippen LogP contribution in [0.4, 0.5) is 0 Å². The van der Waals surface area contributed by atoms with E-state index in [0.717, 1.165) is 51.4 Å². The number of fused-ring (bicyclic) bond motifs is 1. The maximum atomic E-state index is 14.3. The number of thioether (sulfide) groups is 1. The topological polar surface area (TPSA) is 81.2 Å². The van der Waals surface area contributed by atoms with Gasteiger partial charge in [-0.1, -0.05) is 38.8 Å². The minimum Gasteiger partial charge on any atom is -0.396 e. The number of aliphatic hydroxyl groups excluding tert-OH is 1. The van der Waals surface area contributed by atoms with Gasteiger partial charge in [-0.25, -0.2) is 0 Å². The Bertz CT molecular complexity index is 882. The summed E-state index contributed by atoms with van der Waals surface area (Å²) in [6.45, 7) is 16.9. The van der Waals surface area contributed by atoms with Gasteiger partial charge in [0, 0.05) is 44.1 Å². The number of amides is 3. The summed E-state index contributed by atoms with van der Waals surface area (Å²) in [5, 5.41) is 9.26. The van der Waals surface area contributed by atoms with Crippen molar-refractivity contribution in [2.75, 3.05) is 39.3 Å². The molecule has 2 bridgehead atoms. The lowest BCUT2D eigenvalue weighted by Gasteiger charge is -2.38. The molecule has 7 nitrogen and oxygen atoms in total. The van der Waals surface area contributed by atoms with Gasteiger partial charge in [-0.3, -0.25) is 14.4 Å². The number of carbonyl (C=O) groups is 3. The summed E-state index contributed by atoms with van der Waals surface area (Å²) in [5.74, 6) is -0.938. The number of hydrogen-bond acceptors (Lipinski definition) is 5. The number of carbonyl (C=O) groups excluding carboxylic acids is 3. The number of unbranched alkanes of at least 4 members (excludes halogenated alkanes) is 4. The van der Waals surface area contributed by atoms with Crippen molar-refractivity contribution >= 4 is 29.5 Å². The molecule has 1 N–H and O–H groups in total. The largest absolute Gasteiger partial charge is 0.396 e. The first kappa shape index (κ1) is 30.7. The second-order valence-corrected chi connectivity index (χ2v) is 13.3. The summed E-state index contributed by atoms with van der Waals surface area (Å²) >= 11 is 1.74. The highest BCUT2D eigenvalue weighted by atomic mass is 32.2. The van der Waals surface area contributed by atoms with Gasteiger partial charge < -0.3 is 19.8 Å². The fraction of sp³-hybridized carbons (Fsp3) is 0.767. The second-order valence-electron chi connectivity index (χ2n) is 11.4. The third-order valence-electron chi connectivity index (χ3n) is 8.68. The molecule has 0 aliphatic carbocycles. The van der Waals surface area contributed by atoms with Crippen LogP contribution in [-0.4, -0.2) is 92.4 Å². The first-order chi connectivity index (χ1) is 18.3. The normalized spacial score (nSPS) is 29.4. The van der Waals surface area contributed by atoms with E-state index in [1.807, 2.05) is 14.7 Å². The Morgan fingerprint density at radius 3 is 2.29 bits per heavy atom. The quantitative estimate of drug-likeness (QED) is 0.217. The number of rotatable bonds is 17. The number of nitrogens with zero attached hydrogens (tertiary/aromatic N) is 3. The van der Waals surface area contributed by atoms with Crippen molar-refractivity contribution in [2.24, 2.45) is 11.8 Å². The molecular formula is C30H49N3O4S. The van der Waals surface area contributed by atoms with Crippen molar-refractivity contribution in [3.63, 3.8) is 0 Å². The fourth-order valence-corrected chi connectivity index (χ4v) is 9.32. The number of likely N-dealkylation sites (tertiary alicyclic amines) is 1. The van der Waals surface area contributed by atoms with Crippen LogP contribution in [-0.2, 0) is 14.4 Å². The number of hydrogen-bond donors (Lipinski definition) is 1. The summed E-state index contributed by atoms with van der Waals surface area (Å²) in [4.78, 5) is 48.2. The smallest absolute Gasteiger partial charge is 0.247 e. The Balaban J connectivity index is 2.01. The molecule has 0 radical (unpaired) electrons. The molecule has 0 aromatic heterocycles. The van der Waals surface area contributed by atoms with Gasteiger partial charge in [0.2, 0.25) is 17.7 Å². The van der Waals surface area contributed by atoms with Crippen molar-refractivity contribution in [3.05, 3.63) is 25.3 Å². The number of aliphatic hydroxyl groups is 1. The van der Waals surface area contributed by atoms with E-state index in [2.05, 4.69) is 33.9 Å². The van der Waals surface area contributed by atoms with Crippen LogP contribution in [0.2, 0.25) is 0 Å². The Kier molecular flexibility index (Phi) is 10.9. The molecule has 8 heteroatoms. The zero-order chi connectivity index (χ0) is 27.9. The molecule has 5 atom stereocenters. The molecule has 3 saturated heterocycles. The molecule has 3 amide bonds. The van der Waals surface area contributed by atoms with E-state index in [0.29, 0.717) is 39.1 Å². The first-order valence-corrected chi connectivity index (χ1v) is 15.5. The third-order valence-corrected chi connectivity index (χ3v) is 10.7. The monoisotopic (exact) mass is 547 g/mol. The van der Waals surface area contributed by atoms with Crippen molar-refractivity contribution in [1.82, 2.24) is 14.7 Å². The van der Waals surface area contributed by atoms with E-state index in [1.54, 1.807) is 23.9 Å². The highest BCUT2D eigenvalue weighted by Crippen LogP contribution is 2.71. The zero-order valence-corrected chi connectivity index (χ0v) is 24.6. The molecule has 2 unspecified atom stereocenters. The lowest BCUT2D eigenvalue weighted by Crippen LogP contribution is -2.55. The molecule has 3 heterocycles. The van der Waals surface area contributed by atoms with Gasteiger partial charge in [-0.2, -0.15) is 0 Å². The summed E-state index contributed by atoms with van der Waals surface area (Å²) in [5.41, 5.74) is 0. The average Bonchev–Trinajstić information content (AvgIpc) is 3.46. The Hall–Kier alpha value is -1.80. The Labute approximate surface area is 234 Å². The molecule has 0 aromatic rings. The van der Waals surface area contributed by atoms with Gasteiger partial charge >= 0.3 is 0 Å². The molecule has 3 aliphatic heterocycles. The maximum Gasteiger partial charge on any atom is 0.247 e. The molecule has 214 valence electrons. The third kappa shape index (κ3) is 5.72. The van der Waals surface area contributed by atoms with Gasteiger partial charge in [0.15, 0.2) is 0 Å². The van der Waals surface area contributed by atoms with Crippen molar-refractivity contribution < 1.29 is 19.5 Å². The molecule has 38 heavy (non-hydrogen) atoms. The van der Waals surface area contributed by atoms with E-state index < -0.39 is 22.6 Å². The van der Waals surface area contributed by atoms with Crippen molar-refractivity contribution in [1.29, 1.82) is 0 Å². The van der Waals surface area contributed by atoms with Crippen LogP contribution in [0.25, 0.3) is 0 Å². The molecule has 3 rings (SSSR count). The summed E-state index contributed by atoms with van der Waals surface area (Å²) in [6.07, 6.45) is 11.2. The van der Waals surface area contributed by atoms with Gasteiger partial charge in [-0.05, 0) is 51.9 Å². The van der Waals surface area contributed by atoms with Crippen LogP contribution < -0.4 is 0 Å². The van der Waals surface area contributed by atoms with E-state index in [1.165, 1.54) is 0 Å². The minimum absolute atomic E-state index is 0.000339. The molecule has 0 aromatic carbocycles. The molecular weight excluding hydrogens is 498 g/mol. The van der Waals surface area contributed by atoms with Crippen LogP contribution >= 0.6 is 11.8 Å². The fourth-order valence-electron chi connectivity index (χ4n) is 6.98. The lowest BCUT2D eigenvalue weighted by molar-refractivity contribution is -0.145. The molecule has 1 spiro atoms. The summed E-state index contributed by atoms with van der Waals surface area (Å²) in [6, 6.07) is -0.570. The Morgan fingerprint density at radius 2 is 1.68 bits per heavy atom. The standard InChI is InChI=1S/C30H49N3O4S/c1-6-10-12-20-32(19-9-4)28(37)25-30-16-15-29(5,38-30)23(26(35)31(17-7-2)18-8-3)24(30)27(36)33(25)21-13-11-14-22-34/h7,9,23-25,34H,2,4,6,8,10-22H2,1,3,5H3/t23-,24+,25?,29+,30?/m1/s1. The summed E-state index contributed by atoms with van der Waals surface area (Å²) < 4.78 is -0.950. The van der Waals surface area contributed by atoms with Crippen molar-refractivity contribution in [3.8, 4) is 0 Å². The second kappa shape index (κ2) is 13.5. The van der Waals surface area contributed by atoms with Crippen LogP contribution in [0.15, 0.2) is 25.3 Å². The van der Waals surface area contributed by atoms with Crippen LogP contribution in [0.5, 0.6) is 0 Å². The summed E-state index contributed by atoms with van der Waals surface area (Å²) in [7, 11) is 0.